The minimum Gasteiger partial charge on any atom is -0.330 e. The van der Waals surface area contributed by atoms with Crippen LogP contribution in [0.4, 0.5) is 4.39 Å². The number of hydrogen-bond donors (Lipinski definition) is 1. The molecule has 6 heteroatoms. The Balaban J connectivity index is 2.45. The zero-order valence-electron chi connectivity index (χ0n) is 9.32. The van der Waals surface area contributed by atoms with Crippen LogP contribution in [0.15, 0.2) is 18.2 Å². The van der Waals surface area contributed by atoms with E-state index in [9.17, 15) is 4.39 Å². The third-order valence-electron chi connectivity index (χ3n) is 2.39. The van der Waals surface area contributed by atoms with E-state index in [0.29, 0.717) is 29.4 Å². The molecule has 2 rings (SSSR count). The summed E-state index contributed by atoms with van der Waals surface area (Å²) in [5.41, 5.74) is 5.76. The van der Waals surface area contributed by atoms with Gasteiger partial charge in [-0.05, 0) is 24.7 Å². The average molecular weight is 255 g/mol. The molecule has 90 valence electrons. The van der Waals surface area contributed by atoms with Gasteiger partial charge < -0.3 is 5.73 Å². The zero-order valence-corrected chi connectivity index (χ0v) is 10.1. The van der Waals surface area contributed by atoms with Gasteiger partial charge in [0.2, 0.25) is 0 Å². The first kappa shape index (κ1) is 12.0. The second kappa shape index (κ2) is 4.81. The van der Waals surface area contributed by atoms with Crippen molar-refractivity contribution >= 4 is 11.6 Å². The van der Waals surface area contributed by atoms with Crippen molar-refractivity contribution < 1.29 is 4.39 Å². The number of nitrogens with two attached hydrogens (primary N) is 1. The lowest BCUT2D eigenvalue weighted by molar-refractivity contribution is 0.629. The van der Waals surface area contributed by atoms with E-state index in [2.05, 4.69) is 10.1 Å². The summed E-state index contributed by atoms with van der Waals surface area (Å²) in [6, 6.07) is 4.30. The van der Waals surface area contributed by atoms with Gasteiger partial charge in [0.1, 0.15) is 11.6 Å². The first-order valence-electron chi connectivity index (χ1n) is 5.17. The Morgan fingerprint density at radius 3 is 2.94 bits per heavy atom. The van der Waals surface area contributed by atoms with Gasteiger partial charge in [0.15, 0.2) is 5.82 Å². The molecule has 0 spiro atoms. The van der Waals surface area contributed by atoms with Crippen LogP contribution in [0.2, 0.25) is 5.02 Å². The van der Waals surface area contributed by atoms with Crippen LogP contribution < -0.4 is 5.73 Å². The van der Waals surface area contributed by atoms with Gasteiger partial charge in [-0.1, -0.05) is 11.6 Å². The standard InChI is InChI=1S/C11H12ClFN4/c1-17-10(4-5-14)15-11(16-17)8-6-7(12)2-3-9(8)13/h2-3,6H,4-5,14H2,1H3. The summed E-state index contributed by atoms with van der Waals surface area (Å²) in [6.07, 6.45) is 0.603. The summed E-state index contributed by atoms with van der Waals surface area (Å²) in [4.78, 5) is 4.24. The van der Waals surface area contributed by atoms with Gasteiger partial charge in [-0.25, -0.2) is 9.37 Å². The summed E-state index contributed by atoms with van der Waals surface area (Å²) < 4.78 is 15.2. The van der Waals surface area contributed by atoms with Gasteiger partial charge in [-0.2, -0.15) is 5.10 Å². The van der Waals surface area contributed by atoms with Crippen molar-refractivity contribution in [1.29, 1.82) is 0 Å². The van der Waals surface area contributed by atoms with Crippen LogP contribution in [-0.4, -0.2) is 21.3 Å². The van der Waals surface area contributed by atoms with E-state index in [1.807, 2.05) is 0 Å². The zero-order chi connectivity index (χ0) is 12.4. The third kappa shape index (κ3) is 2.45. The molecule has 1 heterocycles. The Bertz CT molecular complexity index is 538. The van der Waals surface area contributed by atoms with E-state index in [-0.39, 0.29) is 5.82 Å². The number of aromatic nitrogens is 3. The molecule has 0 radical (unpaired) electrons. The summed E-state index contributed by atoms with van der Waals surface area (Å²) in [7, 11) is 1.75. The Morgan fingerprint density at radius 2 is 2.24 bits per heavy atom. The number of aryl methyl sites for hydroxylation is 1. The lowest BCUT2D eigenvalue weighted by atomic mass is 10.2. The first-order chi connectivity index (χ1) is 8.11. The van der Waals surface area contributed by atoms with Gasteiger partial charge in [-0.15, -0.1) is 0 Å². The molecule has 0 amide bonds. The molecule has 0 saturated carbocycles. The summed E-state index contributed by atoms with van der Waals surface area (Å²) in [5.74, 6) is 0.664. The fourth-order valence-corrected chi connectivity index (χ4v) is 1.72. The summed E-state index contributed by atoms with van der Waals surface area (Å²) in [5, 5.41) is 4.61. The molecule has 2 N–H and O–H groups in total. The highest BCUT2D eigenvalue weighted by Crippen LogP contribution is 2.23. The monoisotopic (exact) mass is 254 g/mol. The Labute approximate surface area is 103 Å². The Hall–Kier alpha value is -1.46. The lowest BCUT2D eigenvalue weighted by Crippen LogP contribution is -2.08. The minimum atomic E-state index is -0.390. The fraction of sp³-hybridized carbons (Fsp3) is 0.273. The fourth-order valence-electron chi connectivity index (χ4n) is 1.55. The molecule has 17 heavy (non-hydrogen) atoms. The van der Waals surface area contributed by atoms with Crippen molar-refractivity contribution in [3.8, 4) is 11.4 Å². The molecule has 2 aromatic rings. The van der Waals surface area contributed by atoms with Gasteiger partial charge in [0.05, 0.1) is 5.56 Å². The highest BCUT2D eigenvalue weighted by atomic mass is 35.5. The van der Waals surface area contributed by atoms with Gasteiger partial charge in [0, 0.05) is 18.5 Å². The van der Waals surface area contributed by atoms with E-state index in [4.69, 9.17) is 17.3 Å². The van der Waals surface area contributed by atoms with E-state index < -0.39 is 0 Å². The van der Waals surface area contributed by atoms with E-state index >= 15 is 0 Å². The summed E-state index contributed by atoms with van der Waals surface area (Å²) >= 11 is 5.83. The average Bonchev–Trinajstić information content (AvgIpc) is 2.64. The SMILES string of the molecule is Cn1nc(-c2cc(Cl)ccc2F)nc1CCN. The second-order valence-electron chi connectivity index (χ2n) is 3.64. The van der Waals surface area contributed by atoms with Crippen molar-refractivity contribution in [2.45, 2.75) is 6.42 Å². The van der Waals surface area contributed by atoms with Crippen molar-refractivity contribution in [3.05, 3.63) is 34.9 Å². The molecular weight excluding hydrogens is 243 g/mol. The van der Waals surface area contributed by atoms with Gasteiger partial charge >= 0.3 is 0 Å². The van der Waals surface area contributed by atoms with Gasteiger partial charge in [-0.3, -0.25) is 4.68 Å². The molecule has 0 fully saturated rings. The highest BCUT2D eigenvalue weighted by molar-refractivity contribution is 6.30. The molecule has 0 unspecified atom stereocenters. The molecular formula is C11H12ClFN4. The first-order valence-corrected chi connectivity index (χ1v) is 5.55. The Morgan fingerprint density at radius 1 is 1.47 bits per heavy atom. The Kier molecular flexibility index (Phi) is 3.40. The minimum absolute atomic E-state index is 0.302. The third-order valence-corrected chi connectivity index (χ3v) is 2.63. The van der Waals surface area contributed by atoms with E-state index in [0.717, 1.165) is 5.82 Å². The number of benzene rings is 1. The molecule has 0 atom stereocenters. The van der Waals surface area contributed by atoms with Crippen LogP contribution in [0.25, 0.3) is 11.4 Å². The molecule has 4 nitrogen and oxygen atoms in total. The van der Waals surface area contributed by atoms with E-state index in [1.165, 1.54) is 18.2 Å². The smallest absolute Gasteiger partial charge is 0.184 e. The molecule has 0 aliphatic carbocycles. The topological polar surface area (TPSA) is 56.7 Å². The second-order valence-corrected chi connectivity index (χ2v) is 4.07. The molecule has 0 saturated heterocycles. The van der Waals surface area contributed by atoms with Crippen molar-refractivity contribution in [2.24, 2.45) is 12.8 Å². The quantitative estimate of drug-likeness (QED) is 0.908. The maximum Gasteiger partial charge on any atom is 0.184 e. The predicted octanol–water partition coefficient (Wildman–Crippen LogP) is 1.78. The molecule has 0 bridgehead atoms. The number of hydrogen-bond acceptors (Lipinski definition) is 3. The van der Waals surface area contributed by atoms with Crippen molar-refractivity contribution in [2.75, 3.05) is 6.54 Å². The highest BCUT2D eigenvalue weighted by Gasteiger charge is 2.13. The number of nitrogens with zero attached hydrogens (tertiary/aromatic N) is 3. The maximum absolute atomic E-state index is 13.6. The molecule has 0 aliphatic heterocycles. The van der Waals surface area contributed by atoms with Crippen LogP contribution in [0, 0.1) is 5.82 Å². The van der Waals surface area contributed by atoms with Crippen LogP contribution in [0.1, 0.15) is 5.82 Å². The van der Waals surface area contributed by atoms with Crippen molar-refractivity contribution in [3.63, 3.8) is 0 Å². The van der Waals surface area contributed by atoms with Crippen LogP contribution in [-0.2, 0) is 13.5 Å². The normalized spacial score (nSPS) is 10.8. The summed E-state index contributed by atoms with van der Waals surface area (Å²) in [6.45, 7) is 0.476. The van der Waals surface area contributed by atoms with E-state index in [1.54, 1.807) is 11.7 Å². The lowest BCUT2D eigenvalue weighted by Gasteiger charge is -1.98. The van der Waals surface area contributed by atoms with Gasteiger partial charge in [0.25, 0.3) is 0 Å². The molecule has 1 aromatic heterocycles. The van der Waals surface area contributed by atoms with Crippen LogP contribution >= 0.6 is 11.6 Å². The molecule has 1 aromatic carbocycles. The van der Waals surface area contributed by atoms with Crippen LogP contribution in [0.3, 0.4) is 0 Å². The molecule has 0 aliphatic rings. The largest absolute Gasteiger partial charge is 0.330 e. The predicted molar refractivity (Wildman–Crippen MR) is 64.2 cm³/mol. The number of halogens is 2. The maximum atomic E-state index is 13.6. The number of rotatable bonds is 3. The van der Waals surface area contributed by atoms with Crippen LogP contribution in [0.5, 0.6) is 0 Å². The van der Waals surface area contributed by atoms with Crippen molar-refractivity contribution in [1.82, 2.24) is 14.8 Å².